The third kappa shape index (κ3) is 3.04. The molecule has 5 heteroatoms. The lowest BCUT2D eigenvalue weighted by molar-refractivity contribution is -0.137. The van der Waals surface area contributed by atoms with Gasteiger partial charge in [-0.1, -0.05) is 13.0 Å². The molecule has 2 aliphatic heterocycles. The minimum Gasteiger partial charge on any atom is -0.486 e. The van der Waals surface area contributed by atoms with E-state index in [0.717, 1.165) is 36.3 Å². The van der Waals surface area contributed by atoms with E-state index in [1.165, 1.54) is 0 Å². The van der Waals surface area contributed by atoms with Crippen LogP contribution in [0.15, 0.2) is 18.2 Å². The van der Waals surface area contributed by atoms with Crippen molar-refractivity contribution in [1.29, 1.82) is 0 Å². The summed E-state index contributed by atoms with van der Waals surface area (Å²) >= 11 is 0. The zero-order chi connectivity index (χ0) is 15.4. The highest BCUT2D eigenvalue weighted by molar-refractivity contribution is 5.82. The first kappa shape index (κ1) is 15.2. The van der Waals surface area contributed by atoms with Crippen molar-refractivity contribution in [2.45, 2.75) is 32.7 Å². The average molecular weight is 305 g/mol. The Balaban J connectivity index is 1.63. The van der Waals surface area contributed by atoms with Gasteiger partial charge in [0.15, 0.2) is 11.5 Å². The summed E-state index contributed by atoms with van der Waals surface area (Å²) in [5.74, 6) is 1.67. The predicted molar refractivity (Wildman–Crippen MR) is 82.1 cm³/mol. The van der Waals surface area contributed by atoms with Crippen LogP contribution in [0.1, 0.15) is 31.7 Å². The molecular formula is C17H23NO4. The van der Waals surface area contributed by atoms with Crippen LogP contribution in [0.2, 0.25) is 0 Å². The van der Waals surface area contributed by atoms with Crippen LogP contribution in [0.3, 0.4) is 0 Å². The van der Waals surface area contributed by atoms with E-state index in [9.17, 15) is 4.79 Å². The molecule has 1 amide bonds. The van der Waals surface area contributed by atoms with E-state index in [0.29, 0.717) is 33.0 Å². The number of amides is 1. The van der Waals surface area contributed by atoms with E-state index in [1.54, 1.807) is 0 Å². The largest absolute Gasteiger partial charge is 0.486 e. The van der Waals surface area contributed by atoms with Gasteiger partial charge in [0.1, 0.15) is 13.2 Å². The molecule has 1 fully saturated rings. The Morgan fingerprint density at radius 1 is 1.14 bits per heavy atom. The van der Waals surface area contributed by atoms with Crippen molar-refractivity contribution in [1.82, 2.24) is 5.32 Å². The third-order valence-electron chi connectivity index (χ3n) is 4.67. The van der Waals surface area contributed by atoms with Gasteiger partial charge in [0.05, 0.1) is 5.41 Å². The Morgan fingerprint density at radius 2 is 1.86 bits per heavy atom. The van der Waals surface area contributed by atoms with E-state index in [1.807, 2.05) is 18.2 Å². The average Bonchev–Trinajstić information content (AvgIpc) is 2.60. The number of fused-ring (bicyclic) bond motifs is 1. The second kappa shape index (κ2) is 6.57. The smallest absolute Gasteiger partial charge is 0.226 e. The number of ether oxygens (including phenoxy) is 3. The van der Waals surface area contributed by atoms with Gasteiger partial charge in [0, 0.05) is 19.8 Å². The van der Waals surface area contributed by atoms with Crippen LogP contribution in [0.25, 0.3) is 0 Å². The third-order valence-corrected chi connectivity index (χ3v) is 4.67. The van der Waals surface area contributed by atoms with Crippen LogP contribution in [-0.4, -0.2) is 32.3 Å². The molecule has 0 aromatic heterocycles. The SMILES string of the molecule is CCC1(C(=O)NCc2ccc3c(c2)OCCO3)CCOCC1. The van der Waals surface area contributed by atoms with E-state index in [4.69, 9.17) is 14.2 Å². The van der Waals surface area contributed by atoms with Crippen molar-refractivity contribution < 1.29 is 19.0 Å². The number of hydrogen-bond acceptors (Lipinski definition) is 4. The number of benzene rings is 1. The summed E-state index contributed by atoms with van der Waals surface area (Å²) in [7, 11) is 0. The molecule has 0 atom stereocenters. The number of hydrogen-bond donors (Lipinski definition) is 1. The first-order valence-corrected chi connectivity index (χ1v) is 7.98. The van der Waals surface area contributed by atoms with Crippen LogP contribution in [-0.2, 0) is 16.1 Å². The Kier molecular flexibility index (Phi) is 4.52. The summed E-state index contributed by atoms with van der Waals surface area (Å²) in [4.78, 5) is 12.6. The fraction of sp³-hybridized carbons (Fsp3) is 0.588. The lowest BCUT2D eigenvalue weighted by Crippen LogP contribution is -2.44. The summed E-state index contributed by atoms with van der Waals surface area (Å²) in [6, 6.07) is 5.81. The number of rotatable bonds is 4. The molecule has 0 saturated carbocycles. The normalized spacial score (nSPS) is 19.5. The zero-order valence-corrected chi connectivity index (χ0v) is 13.0. The van der Waals surface area contributed by atoms with Crippen molar-refractivity contribution in [3.05, 3.63) is 23.8 Å². The second-order valence-corrected chi connectivity index (χ2v) is 5.91. The fourth-order valence-corrected chi connectivity index (χ4v) is 3.07. The van der Waals surface area contributed by atoms with Gasteiger partial charge < -0.3 is 19.5 Å². The second-order valence-electron chi connectivity index (χ2n) is 5.91. The maximum Gasteiger partial charge on any atom is 0.226 e. The highest BCUT2D eigenvalue weighted by Crippen LogP contribution is 2.34. The highest BCUT2D eigenvalue weighted by Gasteiger charge is 2.37. The highest BCUT2D eigenvalue weighted by atomic mass is 16.6. The van der Waals surface area contributed by atoms with Crippen LogP contribution in [0, 0.1) is 5.41 Å². The van der Waals surface area contributed by atoms with Crippen molar-refractivity contribution in [2.24, 2.45) is 5.41 Å². The molecule has 5 nitrogen and oxygen atoms in total. The molecule has 1 saturated heterocycles. The lowest BCUT2D eigenvalue weighted by Gasteiger charge is -2.34. The first-order chi connectivity index (χ1) is 10.7. The Morgan fingerprint density at radius 3 is 2.59 bits per heavy atom. The molecule has 0 spiro atoms. The van der Waals surface area contributed by atoms with Gasteiger partial charge in [0.2, 0.25) is 5.91 Å². The van der Waals surface area contributed by atoms with Gasteiger partial charge >= 0.3 is 0 Å². The van der Waals surface area contributed by atoms with Crippen LogP contribution in [0.5, 0.6) is 11.5 Å². The van der Waals surface area contributed by atoms with Crippen molar-refractivity contribution in [2.75, 3.05) is 26.4 Å². The van der Waals surface area contributed by atoms with Crippen LogP contribution >= 0.6 is 0 Å². The molecule has 1 N–H and O–H groups in total. The maximum atomic E-state index is 12.6. The Bertz CT molecular complexity index is 537. The molecule has 1 aromatic carbocycles. The summed E-state index contributed by atoms with van der Waals surface area (Å²) in [6.45, 7) is 5.09. The first-order valence-electron chi connectivity index (χ1n) is 7.98. The number of carbonyl (C=O) groups excluding carboxylic acids is 1. The minimum atomic E-state index is -0.272. The standard InChI is InChI=1S/C17H23NO4/c1-2-17(5-7-20-8-6-17)16(19)18-12-13-3-4-14-15(11-13)22-10-9-21-14/h3-4,11H,2,5-10,12H2,1H3,(H,18,19). The molecule has 0 unspecified atom stereocenters. The van der Waals surface area contributed by atoms with Gasteiger partial charge in [-0.2, -0.15) is 0 Å². The monoisotopic (exact) mass is 305 g/mol. The topological polar surface area (TPSA) is 56.8 Å². The van der Waals surface area contributed by atoms with E-state index in [-0.39, 0.29) is 11.3 Å². The Hall–Kier alpha value is -1.75. The van der Waals surface area contributed by atoms with E-state index < -0.39 is 0 Å². The quantitative estimate of drug-likeness (QED) is 0.927. The number of nitrogens with one attached hydrogen (secondary N) is 1. The molecule has 0 bridgehead atoms. The Labute approximate surface area is 130 Å². The zero-order valence-electron chi connectivity index (χ0n) is 13.0. The van der Waals surface area contributed by atoms with Gasteiger partial charge in [-0.25, -0.2) is 0 Å². The summed E-state index contributed by atoms with van der Waals surface area (Å²) in [6.07, 6.45) is 2.45. The molecule has 2 aliphatic rings. The molecule has 2 heterocycles. The van der Waals surface area contributed by atoms with E-state index in [2.05, 4.69) is 12.2 Å². The molecule has 120 valence electrons. The molecular weight excluding hydrogens is 282 g/mol. The molecule has 22 heavy (non-hydrogen) atoms. The van der Waals surface area contributed by atoms with Crippen molar-refractivity contribution in [3.8, 4) is 11.5 Å². The van der Waals surface area contributed by atoms with Gasteiger partial charge in [-0.3, -0.25) is 4.79 Å². The van der Waals surface area contributed by atoms with Gasteiger partial charge in [0.25, 0.3) is 0 Å². The summed E-state index contributed by atoms with van der Waals surface area (Å²) in [5.41, 5.74) is 0.752. The van der Waals surface area contributed by atoms with Crippen molar-refractivity contribution >= 4 is 5.91 Å². The summed E-state index contributed by atoms with van der Waals surface area (Å²) < 4.78 is 16.5. The fourth-order valence-electron chi connectivity index (χ4n) is 3.07. The van der Waals surface area contributed by atoms with E-state index >= 15 is 0 Å². The van der Waals surface area contributed by atoms with Crippen molar-refractivity contribution in [3.63, 3.8) is 0 Å². The molecule has 3 rings (SSSR count). The molecule has 1 aromatic rings. The van der Waals surface area contributed by atoms with Gasteiger partial charge in [-0.05, 0) is 37.0 Å². The minimum absolute atomic E-state index is 0.133. The maximum absolute atomic E-state index is 12.6. The summed E-state index contributed by atoms with van der Waals surface area (Å²) in [5, 5.41) is 3.08. The lowest BCUT2D eigenvalue weighted by atomic mass is 9.77. The van der Waals surface area contributed by atoms with Crippen LogP contribution in [0.4, 0.5) is 0 Å². The number of carbonyl (C=O) groups is 1. The molecule has 0 radical (unpaired) electrons. The van der Waals surface area contributed by atoms with Gasteiger partial charge in [-0.15, -0.1) is 0 Å². The predicted octanol–water partition coefficient (Wildman–Crippen LogP) is 2.28. The van der Waals surface area contributed by atoms with Crippen LogP contribution < -0.4 is 14.8 Å². The molecule has 0 aliphatic carbocycles.